The van der Waals surface area contributed by atoms with Crippen LogP contribution in [0.4, 0.5) is 16.6 Å². The van der Waals surface area contributed by atoms with Gasteiger partial charge in [0.2, 0.25) is 10.1 Å². The average molecular weight is 432 g/mol. The van der Waals surface area contributed by atoms with Crippen molar-refractivity contribution in [2.75, 3.05) is 16.8 Å². The summed E-state index contributed by atoms with van der Waals surface area (Å²) in [6.07, 6.45) is 8.44. The van der Waals surface area contributed by atoms with Gasteiger partial charge in [-0.05, 0) is 47.7 Å². The van der Waals surface area contributed by atoms with E-state index in [1.807, 2.05) is 35.9 Å². The van der Waals surface area contributed by atoms with E-state index in [1.54, 1.807) is 16.9 Å². The van der Waals surface area contributed by atoms with E-state index in [-0.39, 0.29) is 0 Å². The molecule has 0 saturated carbocycles. The second-order valence-electron chi connectivity index (χ2n) is 7.07. The van der Waals surface area contributed by atoms with Gasteiger partial charge in [0.1, 0.15) is 5.82 Å². The molecule has 1 N–H and O–H groups in total. The molecule has 1 aliphatic rings. The Hall–Kier alpha value is -3.30. The van der Waals surface area contributed by atoms with E-state index >= 15 is 0 Å². The molecule has 0 amide bonds. The van der Waals surface area contributed by atoms with Crippen LogP contribution in [0, 0.1) is 0 Å². The SMILES string of the molecule is c1cncc(-c2cn3nc(Nc4ccc(N5CCc6sccc6C5)nc4)sc3n2)c1. The molecule has 1 aliphatic heterocycles. The van der Waals surface area contributed by atoms with Gasteiger partial charge in [-0.3, -0.25) is 4.98 Å². The molecule has 0 spiro atoms. The van der Waals surface area contributed by atoms with E-state index in [9.17, 15) is 0 Å². The molecular formula is C21H17N7S2. The van der Waals surface area contributed by atoms with E-state index < -0.39 is 0 Å². The van der Waals surface area contributed by atoms with E-state index in [4.69, 9.17) is 0 Å². The molecule has 0 fully saturated rings. The van der Waals surface area contributed by atoms with Crippen molar-refractivity contribution in [3.63, 3.8) is 0 Å². The number of nitrogens with zero attached hydrogens (tertiary/aromatic N) is 6. The van der Waals surface area contributed by atoms with Gasteiger partial charge in [-0.2, -0.15) is 0 Å². The molecule has 0 aromatic carbocycles. The number of thiophene rings is 1. The third-order valence-corrected chi connectivity index (χ3v) is 6.99. The van der Waals surface area contributed by atoms with Crippen LogP contribution in [-0.2, 0) is 13.0 Å². The molecule has 5 aromatic heterocycles. The van der Waals surface area contributed by atoms with Gasteiger partial charge in [0.05, 0.1) is 23.8 Å². The van der Waals surface area contributed by atoms with Gasteiger partial charge in [0.25, 0.3) is 0 Å². The summed E-state index contributed by atoms with van der Waals surface area (Å²) in [5.74, 6) is 1.01. The predicted molar refractivity (Wildman–Crippen MR) is 121 cm³/mol. The number of pyridine rings is 2. The largest absolute Gasteiger partial charge is 0.352 e. The van der Waals surface area contributed by atoms with Crippen molar-refractivity contribution < 1.29 is 0 Å². The van der Waals surface area contributed by atoms with Crippen LogP contribution in [-0.4, -0.2) is 31.1 Å². The number of rotatable bonds is 4. The minimum Gasteiger partial charge on any atom is -0.352 e. The zero-order valence-corrected chi connectivity index (χ0v) is 17.5. The lowest BCUT2D eigenvalue weighted by atomic mass is 10.1. The molecule has 6 heterocycles. The van der Waals surface area contributed by atoms with Crippen molar-refractivity contribution in [1.29, 1.82) is 0 Å². The Balaban J connectivity index is 1.17. The molecule has 0 atom stereocenters. The van der Waals surface area contributed by atoms with Crippen molar-refractivity contribution in [3.05, 3.63) is 70.9 Å². The van der Waals surface area contributed by atoms with E-state index in [2.05, 4.69) is 53.8 Å². The lowest BCUT2D eigenvalue weighted by Crippen LogP contribution is -2.29. The molecule has 0 bridgehead atoms. The molecule has 0 aliphatic carbocycles. The molecule has 148 valence electrons. The quantitative estimate of drug-likeness (QED) is 0.448. The molecule has 7 nitrogen and oxygen atoms in total. The van der Waals surface area contributed by atoms with Crippen LogP contribution in [0.1, 0.15) is 10.4 Å². The summed E-state index contributed by atoms with van der Waals surface area (Å²) >= 11 is 3.36. The lowest BCUT2D eigenvalue weighted by molar-refractivity contribution is 0.732. The highest BCUT2D eigenvalue weighted by atomic mass is 32.1. The molecule has 0 saturated heterocycles. The Morgan fingerprint density at radius 3 is 2.93 bits per heavy atom. The van der Waals surface area contributed by atoms with Gasteiger partial charge in [-0.25, -0.2) is 14.5 Å². The number of nitrogens with one attached hydrogen (secondary N) is 1. The maximum Gasteiger partial charge on any atom is 0.214 e. The zero-order valence-electron chi connectivity index (χ0n) is 15.9. The predicted octanol–water partition coefficient (Wildman–Crippen LogP) is 4.62. The Bertz CT molecular complexity index is 1270. The summed E-state index contributed by atoms with van der Waals surface area (Å²) in [6, 6.07) is 10.2. The van der Waals surface area contributed by atoms with Gasteiger partial charge < -0.3 is 10.2 Å². The first kappa shape index (κ1) is 17.5. The van der Waals surface area contributed by atoms with E-state index in [1.165, 1.54) is 21.8 Å². The fourth-order valence-electron chi connectivity index (χ4n) is 3.62. The normalized spacial score (nSPS) is 13.5. The van der Waals surface area contributed by atoms with Crippen molar-refractivity contribution in [2.45, 2.75) is 13.0 Å². The van der Waals surface area contributed by atoms with E-state index in [0.717, 1.165) is 52.4 Å². The van der Waals surface area contributed by atoms with Crippen LogP contribution in [0.2, 0.25) is 0 Å². The van der Waals surface area contributed by atoms with Crippen LogP contribution in [0.5, 0.6) is 0 Å². The highest BCUT2D eigenvalue weighted by Crippen LogP contribution is 2.29. The summed E-state index contributed by atoms with van der Waals surface area (Å²) in [6.45, 7) is 1.94. The molecule has 30 heavy (non-hydrogen) atoms. The highest BCUT2D eigenvalue weighted by molar-refractivity contribution is 7.20. The third-order valence-electron chi connectivity index (χ3n) is 5.13. The second kappa shape index (κ2) is 7.19. The van der Waals surface area contributed by atoms with Crippen molar-refractivity contribution in [3.8, 4) is 11.3 Å². The first-order chi connectivity index (χ1) is 14.8. The molecule has 5 aromatic rings. The van der Waals surface area contributed by atoms with Crippen molar-refractivity contribution in [2.24, 2.45) is 0 Å². The first-order valence-electron chi connectivity index (χ1n) is 9.62. The number of anilines is 3. The Labute approximate surface area is 180 Å². The fraction of sp³-hybridized carbons (Fsp3) is 0.143. The monoisotopic (exact) mass is 431 g/mol. The second-order valence-corrected chi connectivity index (χ2v) is 9.03. The van der Waals surface area contributed by atoms with Gasteiger partial charge in [-0.15, -0.1) is 16.4 Å². The Kier molecular flexibility index (Phi) is 4.21. The summed E-state index contributed by atoms with van der Waals surface area (Å²) in [5, 5.41) is 10.9. The highest BCUT2D eigenvalue weighted by Gasteiger charge is 2.18. The van der Waals surface area contributed by atoms with Crippen LogP contribution in [0.15, 0.2) is 60.5 Å². The summed E-state index contributed by atoms with van der Waals surface area (Å²) < 4.78 is 1.79. The standard InChI is InChI=1S/C21H17N7S2/c1-2-14(10-22-7-1)17-13-28-21(25-17)30-20(26-28)24-16-3-4-19(23-11-16)27-8-5-18-15(12-27)6-9-29-18/h1-4,6-7,9-11,13H,5,8,12H2,(H,24,26). The lowest BCUT2D eigenvalue weighted by Gasteiger charge is -2.28. The molecule has 6 rings (SSSR count). The molecule has 9 heteroatoms. The van der Waals surface area contributed by atoms with Crippen molar-refractivity contribution >= 4 is 44.3 Å². The average Bonchev–Trinajstić information content (AvgIpc) is 3.49. The van der Waals surface area contributed by atoms with Crippen LogP contribution >= 0.6 is 22.7 Å². The number of aromatic nitrogens is 5. The maximum absolute atomic E-state index is 4.67. The van der Waals surface area contributed by atoms with Crippen LogP contribution in [0.25, 0.3) is 16.2 Å². The number of hydrogen-bond acceptors (Lipinski definition) is 8. The van der Waals surface area contributed by atoms with Crippen LogP contribution < -0.4 is 10.2 Å². The topological polar surface area (TPSA) is 71.2 Å². The fourth-order valence-corrected chi connectivity index (χ4v) is 5.31. The van der Waals surface area contributed by atoms with Crippen LogP contribution in [0.3, 0.4) is 0 Å². The van der Waals surface area contributed by atoms with Gasteiger partial charge in [-0.1, -0.05) is 11.3 Å². The summed E-state index contributed by atoms with van der Waals surface area (Å²) in [7, 11) is 0. The Morgan fingerprint density at radius 1 is 1.10 bits per heavy atom. The summed E-state index contributed by atoms with van der Waals surface area (Å²) in [5.41, 5.74) is 4.19. The van der Waals surface area contributed by atoms with Crippen molar-refractivity contribution in [1.82, 2.24) is 24.6 Å². The third kappa shape index (κ3) is 3.21. The zero-order chi connectivity index (χ0) is 19.9. The summed E-state index contributed by atoms with van der Waals surface area (Å²) in [4.78, 5) is 18.1. The Morgan fingerprint density at radius 2 is 2.10 bits per heavy atom. The maximum atomic E-state index is 4.67. The molecular weight excluding hydrogens is 414 g/mol. The van der Waals surface area contributed by atoms with Gasteiger partial charge >= 0.3 is 0 Å². The van der Waals surface area contributed by atoms with E-state index in [0.29, 0.717) is 0 Å². The van der Waals surface area contributed by atoms with Gasteiger partial charge in [0.15, 0.2) is 0 Å². The molecule has 0 radical (unpaired) electrons. The molecule has 0 unspecified atom stereocenters. The number of imidazole rings is 1. The number of hydrogen-bond donors (Lipinski definition) is 1. The first-order valence-corrected chi connectivity index (χ1v) is 11.3. The number of fused-ring (bicyclic) bond motifs is 2. The van der Waals surface area contributed by atoms with Gasteiger partial charge in [0, 0.05) is 35.9 Å². The minimum atomic E-state index is 0.783. The smallest absolute Gasteiger partial charge is 0.214 e. The minimum absolute atomic E-state index is 0.783.